The maximum Gasteiger partial charge on any atom is 0.293 e. The molecule has 2 aromatic carbocycles. The maximum atomic E-state index is 12.6. The highest BCUT2D eigenvalue weighted by Gasteiger charge is 2.42. The van der Waals surface area contributed by atoms with Crippen LogP contribution in [0.15, 0.2) is 53.6 Å². The first-order valence-electron chi connectivity index (χ1n) is 7.94. The topological polar surface area (TPSA) is 78.8 Å². The summed E-state index contributed by atoms with van der Waals surface area (Å²) in [5, 5.41) is 8.11. The number of aryl methyl sites for hydroxylation is 1. The van der Waals surface area contributed by atoms with Crippen LogP contribution < -0.4 is 10.3 Å². The van der Waals surface area contributed by atoms with E-state index in [1.54, 1.807) is 56.3 Å². The van der Waals surface area contributed by atoms with Gasteiger partial charge in [0.2, 0.25) is 5.78 Å². The molecule has 0 radical (unpaired) electrons. The number of halogens is 1. The molecule has 0 saturated carbocycles. The number of hydrogen-bond acceptors (Lipinski definition) is 4. The van der Waals surface area contributed by atoms with Crippen molar-refractivity contribution < 1.29 is 14.4 Å². The number of hydrazone groups is 1. The van der Waals surface area contributed by atoms with Crippen LogP contribution in [0.3, 0.4) is 0 Å². The lowest BCUT2D eigenvalue weighted by molar-refractivity contribution is -0.138. The van der Waals surface area contributed by atoms with Gasteiger partial charge in [-0.15, -0.1) is 0 Å². The zero-order valence-corrected chi connectivity index (χ0v) is 14.9. The smallest absolute Gasteiger partial charge is 0.293 e. The number of nitrogens with zero attached hydrogens (tertiary/aromatic N) is 2. The lowest BCUT2D eigenvalue weighted by atomic mass is 9.98. The molecule has 0 spiro atoms. The van der Waals surface area contributed by atoms with Crippen molar-refractivity contribution in [1.29, 1.82) is 0 Å². The second-order valence-electron chi connectivity index (χ2n) is 5.91. The maximum absolute atomic E-state index is 12.6. The highest BCUT2D eigenvalue weighted by atomic mass is 35.5. The van der Waals surface area contributed by atoms with Crippen molar-refractivity contribution in [2.45, 2.75) is 13.8 Å². The summed E-state index contributed by atoms with van der Waals surface area (Å²) in [7, 11) is 0. The predicted molar refractivity (Wildman–Crippen MR) is 100 cm³/mol. The Labute approximate surface area is 155 Å². The second kappa shape index (κ2) is 7.09. The molecule has 3 rings (SSSR count). The summed E-state index contributed by atoms with van der Waals surface area (Å²) >= 11 is 6.14. The number of hydrogen-bond donors (Lipinski definition) is 1. The molecule has 0 aliphatic carbocycles. The average Bonchev–Trinajstić information content (AvgIpc) is 2.93. The summed E-state index contributed by atoms with van der Waals surface area (Å²) < 4.78 is 0. The minimum Gasteiger partial charge on any atom is -0.318 e. The first kappa shape index (κ1) is 17.8. The fourth-order valence-electron chi connectivity index (χ4n) is 2.68. The molecule has 2 aromatic rings. The van der Waals surface area contributed by atoms with Crippen molar-refractivity contribution >= 4 is 46.3 Å². The predicted octanol–water partition coefficient (Wildman–Crippen LogP) is 3.19. The first-order chi connectivity index (χ1) is 12.4. The van der Waals surface area contributed by atoms with Crippen molar-refractivity contribution in [3.05, 3.63) is 59.1 Å². The lowest BCUT2D eigenvalue weighted by Gasteiger charge is -2.14. The summed E-state index contributed by atoms with van der Waals surface area (Å²) in [5.41, 5.74) is 1.90. The Morgan fingerprint density at radius 2 is 1.77 bits per heavy atom. The van der Waals surface area contributed by atoms with E-state index in [0.717, 1.165) is 10.6 Å². The van der Waals surface area contributed by atoms with Gasteiger partial charge in [0.25, 0.3) is 11.8 Å². The summed E-state index contributed by atoms with van der Waals surface area (Å²) in [6, 6.07) is 13.8. The number of para-hydroxylation sites is 1. The van der Waals surface area contributed by atoms with Crippen molar-refractivity contribution in [3.8, 4) is 0 Å². The van der Waals surface area contributed by atoms with Crippen LogP contribution in [0.5, 0.6) is 0 Å². The van der Waals surface area contributed by atoms with E-state index in [-0.39, 0.29) is 5.71 Å². The molecule has 2 amide bonds. The van der Waals surface area contributed by atoms with Gasteiger partial charge in [0.1, 0.15) is 5.92 Å². The van der Waals surface area contributed by atoms with E-state index >= 15 is 0 Å². The highest BCUT2D eigenvalue weighted by Crippen LogP contribution is 2.27. The molecule has 1 N–H and O–H groups in total. The average molecular weight is 370 g/mol. The third-order valence-electron chi connectivity index (χ3n) is 4.06. The fourth-order valence-corrected chi connectivity index (χ4v) is 2.85. The summed E-state index contributed by atoms with van der Waals surface area (Å²) in [4.78, 5) is 37.5. The normalized spacial score (nSPS) is 16.4. The van der Waals surface area contributed by atoms with E-state index in [9.17, 15) is 14.4 Å². The monoisotopic (exact) mass is 369 g/mol. The zero-order chi connectivity index (χ0) is 18.8. The van der Waals surface area contributed by atoms with Crippen LogP contribution >= 0.6 is 11.6 Å². The number of anilines is 2. The van der Waals surface area contributed by atoms with E-state index < -0.39 is 23.5 Å². The van der Waals surface area contributed by atoms with Gasteiger partial charge in [0.05, 0.1) is 22.1 Å². The van der Waals surface area contributed by atoms with Crippen LogP contribution in [0.25, 0.3) is 0 Å². The standard InChI is InChI=1S/C19H16ClN3O3/c1-11-7-6-10-14(16(11)20)21-18(25)17(24)15-12(2)22-23(19(15)26)13-8-4-3-5-9-13/h3-10,15H,1-2H3,(H,21,25). The van der Waals surface area contributed by atoms with Gasteiger partial charge in [0.15, 0.2) is 0 Å². The number of rotatable bonds is 4. The molecule has 0 bridgehead atoms. The highest BCUT2D eigenvalue weighted by molar-refractivity contribution is 6.50. The second-order valence-corrected chi connectivity index (χ2v) is 6.29. The molecule has 1 aliphatic heterocycles. The Bertz CT molecular complexity index is 925. The molecule has 0 aromatic heterocycles. The van der Waals surface area contributed by atoms with E-state index in [4.69, 9.17) is 11.6 Å². The third-order valence-corrected chi connectivity index (χ3v) is 4.56. The molecule has 1 aliphatic rings. The quantitative estimate of drug-likeness (QED) is 0.664. The number of carbonyl (C=O) groups excluding carboxylic acids is 3. The van der Waals surface area contributed by atoms with Crippen LogP contribution in [0.4, 0.5) is 11.4 Å². The molecule has 1 unspecified atom stereocenters. The molecular weight excluding hydrogens is 354 g/mol. The molecule has 7 heteroatoms. The van der Waals surface area contributed by atoms with Crippen LogP contribution in [0.1, 0.15) is 12.5 Å². The van der Waals surface area contributed by atoms with E-state index in [1.165, 1.54) is 0 Å². The van der Waals surface area contributed by atoms with Gasteiger partial charge in [-0.1, -0.05) is 41.9 Å². The Hall–Kier alpha value is -2.99. The first-order valence-corrected chi connectivity index (χ1v) is 8.32. The van der Waals surface area contributed by atoms with Gasteiger partial charge >= 0.3 is 0 Å². The van der Waals surface area contributed by atoms with Crippen molar-refractivity contribution in [3.63, 3.8) is 0 Å². The van der Waals surface area contributed by atoms with Crippen molar-refractivity contribution in [2.75, 3.05) is 10.3 Å². The number of nitrogens with one attached hydrogen (secondary N) is 1. The van der Waals surface area contributed by atoms with Gasteiger partial charge in [-0.3, -0.25) is 14.4 Å². The van der Waals surface area contributed by atoms with Gasteiger partial charge in [-0.25, -0.2) is 0 Å². The van der Waals surface area contributed by atoms with Crippen molar-refractivity contribution in [1.82, 2.24) is 0 Å². The largest absolute Gasteiger partial charge is 0.318 e. The van der Waals surface area contributed by atoms with E-state index in [0.29, 0.717) is 16.4 Å². The molecule has 1 heterocycles. The lowest BCUT2D eigenvalue weighted by Crippen LogP contribution is -2.39. The van der Waals surface area contributed by atoms with E-state index in [1.807, 2.05) is 6.07 Å². The summed E-state index contributed by atoms with van der Waals surface area (Å²) in [6.07, 6.45) is 0. The summed E-state index contributed by atoms with van der Waals surface area (Å²) in [6.45, 7) is 3.34. The Kier molecular flexibility index (Phi) is 4.86. The molecule has 1 atom stereocenters. The fraction of sp³-hybridized carbons (Fsp3) is 0.158. The molecular formula is C19H16ClN3O3. The minimum atomic E-state index is -1.24. The number of Topliss-reactive ketones (excluding diaryl/α,β-unsaturated/α-hetero) is 1. The summed E-state index contributed by atoms with van der Waals surface area (Å²) in [5.74, 6) is -3.56. The number of amides is 2. The third kappa shape index (κ3) is 3.23. The zero-order valence-electron chi connectivity index (χ0n) is 14.2. The molecule has 132 valence electrons. The van der Waals surface area contributed by atoms with Crippen LogP contribution in [0, 0.1) is 12.8 Å². The van der Waals surface area contributed by atoms with Gasteiger partial charge < -0.3 is 5.32 Å². The van der Waals surface area contributed by atoms with E-state index in [2.05, 4.69) is 10.4 Å². The van der Waals surface area contributed by atoms with Crippen LogP contribution in [-0.4, -0.2) is 23.3 Å². The van der Waals surface area contributed by atoms with Gasteiger partial charge in [-0.05, 0) is 37.6 Å². The van der Waals surface area contributed by atoms with Crippen LogP contribution in [-0.2, 0) is 14.4 Å². The Balaban J connectivity index is 1.79. The Morgan fingerprint density at radius 3 is 2.46 bits per heavy atom. The Morgan fingerprint density at radius 1 is 1.08 bits per heavy atom. The molecule has 0 fully saturated rings. The minimum absolute atomic E-state index is 0.273. The number of carbonyl (C=O) groups is 3. The molecule has 0 saturated heterocycles. The van der Waals surface area contributed by atoms with Gasteiger partial charge in [0, 0.05) is 0 Å². The van der Waals surface area contributed by atoms with Crippen LogP contribution in [0.2, 0.25) is 5.02 Å². The van der Waals surface area contributed by atoms with Gasteiger partial charge in [-0.2, -0.15) is 10.1 Å². The molecule has 6 nitrogen and oxygen atoms in total. The number of ketones is 1. The van der Waals surface area contributed by atoms with Crippen molar-refractivity contribution in [2.24, 2.45) is 11.0 Å². The molecule has 26 heavy (non-hydrogen) atoms. The SMILES string of the molecule is CC1=NN(c2ccccc2)C(=O)C1C(=O)C(=O)Nc1cccc(C)c1Cl. The number of benzene rings is 2.